The Hall–Kier alpha value is -3.55. The van der Waals surface area contributed by atoms with Crippen molar-refractivity contribution >= 4 is 18.1 Å². The predicted molar refractivity (Wildman–Crippen MR) is 144 cm³/mol. The lowest BCUT2D eigenvalue weighted by Crippen LogP contribution is -2.35. The number of rotatable bonds is 7. The number of aromatic nitrogens is 1. The molecule has 0 amide bonds. The van der Waals surface area contributed by atoms with Crippen LogP contribution in [0.25, 0.3) is 5.57 Å². The summed E-state index contributed by atoms with van der Waals surface area (Å²) in [5.41, 5.74) is 5.34. The predicted octanol–water partition coefficient (Wildman–Crippen LogP) is 5.27. The second-order valence-corrected chi connectivity index (χ2v) is 9.96. The molecule has 1 aromatic carbocycles. The molecule has 0 radical (unpaired) electrons. The average Bonchev–Trinajstić information content (AvgIpc) is 3.19. The number of amidine groups is 1. The van der Waals surface area contributed by atoms with E-state index in [2.05, 4.69) is 32.7 Å². The van der Waals surface area contributed by atoms with Crippen LogP contribution in [0.4, 0.5) is 8.78 Å². The summed E-state index contributed by atoms with van der Waals surface area (Å²) in [6, 6.07) is 6.99. The Morgan fingerprint density at radius 1 is 1.16 bits per heavy atom. The van der Waals surface area contributed by atoms with Crippen LogP contribution in [-0.2, 0) is 6.42 Å². The molecule has 0 spiro atoms. The number of likely N-dealkylation sites (N-methyl/N-ethyl adjacent to an activating group) is 1. The van der Waals surface area contributed by atoms with Gasteiger partial charge in [0.2, 0.25) is 0 Å². The molecule has 1 unspecified atom stereocenters. The van der Waals surface area contributed by atoms with E-state index in [0.29, 0.717) is 36.6 Å². The first kappa shape index (κ1) is 25.1. The lowest BCUT2D eigenvalue weighted by atomic mass is 9.82. The maximum Gasteiger partial charge on any atom is 0.151 e. The van der Waals surface area contributed by atoms with Crippen molar-refractivity contribution in [1.29, 1.82) is 0 Å². The maximum absolute atomic E-state index is 15.1. The minimum atomic E-state index is -0.402. The van der Waals surface area contributed by atoms with Crippen LogP contribution in [0.2, 0.25) is 0 Å². The molecule has 6 nitrogen and oxygen atoms in total. The number of fused-ring (bicyclic) bond motifs is 2. The molecule has 194 valence electrons. The van der Waals surface area contributed by atoms with Gasteiger partial charge in [-0.05, 0) is 80.6 Å². The highest BCUT2D eigenvalue weighted by Crippen LogP contribution is 2.39. The lowest BCUT2D eigenvalue weighted by molar-refractivity contribution is 0.198. The van der Waals surface area contributed by atoms with Crippen molar-refractivity contribution in [2.75, 3.05) is 33.2 Å². The van der Waals surface area contributed by atoms with Crippen molar-refractivity contribution in [3.8, 4) is 0 Å². The molecular formula is C29H34F2N6. The van der Waals surface area contributed by atoms with Gasteiger partial charge in [0.1, 0.15) is 23.5 Å². The van der Waals surface area contributed by atoms with Gasteiger partial charge in [0.15, 0.2) is 5.84 Å². The summed E-state index contributed by atoms with van der Waals surface area (Å²) in [6.07, 6.45) is 7.56. The van der Waals surface area contributed by atoms with Crippen molar-refractivity contribution < 1.29 is 8.78 Å². The van der Waals surface area contributed by atoms with E-state index >= 15 is 4.39 Å². The quantitative estimate of drug-likeness (QED) is 0.483. The minimum Gasteiger partial charge on any atom is -0.377 e. The Morgan fingerprint density at radius 3 is 2.59 bits per heavy atom. The average molecular weight is 505 g/mol. The number of hydrogen-bond acceptors (Lipinski definition) is 5. The Balaban J connectivity index is 1.49. The van der Waals surface area contributed by atoms with E-state index in [4.69, 9.17) is 4.99 Å². The zero-order valence-electron chi connectivity index (χ0n) is 21.8. The molecule has 2 bridgehead atoms. The normalized spacial score (nSPS) is 22.2. The van der Waals surface area contributed by atoms with Gasteiger partial charge in [-0.25, -0.2) is 8.78 Å². The summed E-state index contributed by atoms with van der Waals surface area (Å²) in [6.45, 7) is 10.8. The summed E-state index contributed by atoms with van der Waals surface area (Å²) in [5, 5.41) is 0. The third kappa shape index (κ3) is 4.77. The zero-order chi connectivity index (χ0) is 26.1. The molecule has 1 atom stereocenters. The van der Waals surface area contributed by atoms with Gasteiger partial charge in [-0.1, -0.05) is 6.07 Å². The fourth-order valence-electron chi connectivity index (χ4n) is 5.89. The van der Waals surface area contributed by atoms with E-state index < -0.39 is 5.82 Å². The second-order valence-electron chi connectivity index (χ2n) is 9.96. The van der Waals surface area contributed by atoms with Crippen LogP contribution in [0.15, 0.2) is 64.2 Å². The molecule has 2 fully saturated rings. The molecule has 8 heteroatoms. The van der Waals surface area contributed by atoms with Gasteiger partial charge in [0.05, 0.1) is 11.9 Å². The number of allylic oxidation sites excluding steroid dienone is 2. The van der Waals surface area contributed by atoms with Crippen molar-refractivity contribution in [3.05, 3.63) is 82.6 Å². The van der Waals surface area contributed by atoms with Crippen molar-refractivity contribution in [1.82, 2.24) is 19.7 Å². The molecule has 2 saturated heterocycles. The highest BCUT2D eigenvalue weighted by molar-refractivity contribution is 6.00. The number of pyridine rings is 1. The van der Waals surface area contributed by atoms with Gasteiger partial charge < -0.3 is 14.7 Å². The van der Waals surface area contributed by atoms with Crippen molar-refractivity contribution in [2.45, 2.75) is 39.3 Å². The number of hydrogen-bond donors (Lipinski definition) is 0. The van der Waals surface area contributed by atoms with E-state index in [0.717, 1.165) is 48.7 Å². The molecule has 6 rings (SSSR count). The van der Waals surface area contributed by atoms with Crippen LogP contribution in [0.5, 0.6) is 0 Å². The second kappa shape index (κ2) is 10.4. The summed E-state index contributed by atoms with van der Waals surface area (Å²) < 4.78 is 29.3. The lowest BCUT2D eigenvalue weighted by Gasteiger charge is -2.39. The van der Waals surface area contributed by atoms with E-state index in [1.807, 2.05) is 37.9 Å². The Kier molecular flexibility index (Phi) is 7.09. The van der Waals surface area contributed by atoms with Gasteiger partial charge in [0, 0.05) is 51.2 Å². The van der Waals surface area contributed by atoms with Crippen LogP contribution >= 0.6 is 0 Å². The van der Waals surface area contributed by atoms with Gasteiger partial charge in [0.25, 0.3) is 0 Å². The molecule has 0 N–H and O–H groups in total. The largest absolute Gasteiger partial charge is 0.377 e. The Morgan fingerprint density at radius 2 is 1.95 bits per heavy atom. The SMILES string of the molecule is C=N/C(C)=C1\C(=NCC)N(CCc2cc(C3=CN4CCC3CC4)ccc2F)C(c2cncc(F)c2)N1C. The van der Waals surface area contributed by atoms with E-state index in [1.54, 1.807) is 12.3 Å². The minimum absolute atomic E-state index is 0.212. The number of halogens is 2. The monoisotopic (exact) mass is 504 g/mol. The van der Waals surface area contributed by atoms with Crippen LogP contribution in [0, 0.1) is 17.6 Å². The molecule has 37 heavy (non-hydrogen) atoms. The standard InChI is InChI=1S/C29H34F2N6/c1-5-34-28-27(19(2)32-3)35(4)29(23-15-24(30)17-33-16-23)37(28)13-10-22-14-21(6-7-26(22)31)25-18-36-11-8-20(25)9-12-36/h6-7,14-18,20,29H,3,5,8-13H2,1-2,4H3/b27-19+,34-28?. The third-order valence-corrected chi connectivity index (χ3v) is 7.70. The third-order valence-electron chi connectivity index (χ3n) is 7.70. The van der Waals surface area contributed by atoms with Crippen LogP contribution in [0.3, 0.4) is 0 Å². The number of piperidine rings is 1. The maximum atomic E-state index is 15.1. The fourth-order valence-corrected chi connectivity index (χ4v) is 5.89. The molecule has 0 saturated carbocycles. The van der Waals surface area contributed by atoms with Gasteiger partial charge in [-0.2, -0.15) is 0 Å². The summed E-state index contributed by atoms with van der Waals surface area (Å²) in [5.74, 6) is 0.683. The Bertz CT molecular complexity index is 1270. The summed E-state index contributed by atoms with van der Waals surface area (Å²) >= 11 is 0. The molecule has 4 aliphatic heterocycles. The van der Waals surface area contributed by atoms with Crippen LogP contribution < -0.4 is 0 Å². The first-order chi connectivity index (χ1) is 17.9. The molecule has 2 aromatic rings. The number of aliphatic imine (C=N–C) groups is 2. The summed E-state index contributed by atoms with van der Waals surface area (Å²) in [7, 11) is 1.94. The highest BCUT2D eigenvalue weighted by Gasteiger charge is 2.40. The van der Waals surface area contributed by atoms with Gasteiger partial charge in [-0.3, -0.25) is 15.0 Å². The fraction of sp³-hybridized carbons (Fsp3) is 0.414. The molecule has 4 aliphatic rings. The van der Waals surface area contributed by atoms with Gasteiger partial charge in [-0.15, -0.1) is 0 Å². The van der Waals surface area contributed by atoms with Crippen molar-refractivity contribution in [3.63, 3.8) is 0 Å². The van der Waals surface area contributed by atoms with Crippen LogP contribution in [0.1, 0.15) is 49.5 Å². The van der Waals surface area contributed by atoms with E-state index in [1.165, 1.54) is 17.8 Å². The first-order valence-electron chi connectivity index (χ1n) is 13.0. The number of nitrogens with zero attached hydrogens (tertiary/aromatic N) is 6. The van der Waals surface area contributed by atoms with Crippen LogP contribution in [-0.4, -0.2) is 65.5 Å². The first-order valence-corrected chi connectivity index (χ1v) is 13.0. The van der Waals surface area contributed by atoms with Crippen molar-refractivity contribution in [2.24, 2.45) is 15.9 Å². The summed E-state index contributed by atoms with van der Waals surface area (Å²) in [4.78, 5) is 19.5. The molecule has 5 heterocycles. The number of benzene rings is 1. The zero-order valence-corrected chi connectivity index (χ0v) is 21.8. The topological polar surface area (TPSA) is 47.3 Å². The molecule has 0 aliphatic carbocycles. The van der Waals surface area contributed by atoms with E-state index in [9.17, 15) is 4.39 Å². The molecule has 1 aromatic heterocycles. The smallest absolute Gasteiger partial charge is 0.151 e. The highest BCUT2D eigenvalue weighted by atomic mass is 19.1. The van der Waals surface area contributed by atoms with Gasteiger partial charge >= 0.3 is 0 Å². The van der Waals surface area contributed by atoms with E-state index in [-0.39, 0.29) is 12.0 Å². The molecular weight excluding hydrogens is 470 g/mol. The Labute approximate surface area is 217 Å².